The Morgan fingerprint density at radius 2 is 2.00 bits per heavy atom. The fraction of sp³-hybridized carbons (Fsp3) is 0.625. The van der Waals surface area contributed by atoms with Gasteiger partial charge in [0.2, 0.25) is 10.0 Å². The van der Waals surface area contributed by atoms with E-state index in [-0.39, 0.29) is 5.75 Å². The van der Waals surface area contributed by atoms with Crippen molar-refractivity contribution in [3.63, 3.8) is 0 Å². The van der Waals surface area contributed by atoms with Crippen molar-refractivity contribution in [2.24, 2.45) is 0 Å². The summed E-state index contributed by atoms with van der Waals surface area (Å²) in [6.07, 6.45) is 4.03. The lowest BCUT2D eigenvalue weighted by atomic mass is 10.3. The monoisotopic (exact) mass is 190 g/mol. The van der Waals surface area contributed by atoms with Crippen LogP contribution in [0.4, 0.5) is 0 Å². The Kier molecular flexibility index (Phi) is 6.02. The van der Waals surface area contributed by atoms with Gasteiger partial charge in [-0.3, -0.25) is 0 Å². The molecule has 4 heteroatoms. The van der Waals surface area contributed by atoms with Crippen molar-refractivity contribution in [3.05, 3.63) is 19.6 Å². The highest BCUT2D eigenvalue weighted by molar-refractivity contribution is 7.89. The molecule has 0 aliphatic carbocycles. The minimum atomic E-state index is -3.10. The minimum absolute atomic E-state index is 0.00260. The molecule has 0 unspecified atom stereocenters. The van der Waals surface area contributed by atoms with Gasteiger partial charge >= 0.3 is 0 Å². The highest BCUT2D eigenvalue weighted by Crippen LogP contribution is 1.92. The third-order valence-electron chi connectivity index (χ3n) is 1.34. The lowest BCUT2D eigenvalue weighted by Crippen LogP contribution is -2.26. The van der Waals surface area contributed by atoms with Crippen LogP contribution in [-0.4, -0.2) is 20.7 Å². The van der Waals surface area contributed by atoms with Crippen molar-refractivity contribution < 1.29 is 8.42 Å². The third kappa shape index (κ3) is 6.37. The average molecular weight is 190 g/mol. The van der Waals surface area contributed by atoms with E-state index in [0.717, 1.165) is 19.3 Å². The van der Waals surface area contributed by atoms with Gasteiger partial charge in [-0.1, -0.05) is 25.8 Å². The summed E-state index contributed by atoms with van der Waals surface area (Å²) in [7, 11) is -3.10. The van der Waals surface area contributed by atoms with Crippen LogP contribution in [0, 0.1) is 6.92 Å². The Morgan fingerprint density at radius 1 is 1.33 bits per heavy atom. The van der Waals surface area contributed by atoms with Gasteiger partial charge in [0.25, 0.3) is 0 Å². The lowest BCUT2D eigenvalue weighted by molar-refractivity contribution is 0.580. The van der Waals surface area contributed by atoms with E-state index in [1.165, 1.54) is 6.08 Å². The van der Waals surface area contributed by atoms with E-state index >= 15 is 0 Å². The van der Waals surface area contributed by atoms with Gasteiger partial charge in [-0.15, -0.1) is 6.58 Å². The standard InChI is InChI=1S/C8H16NO2S/c1-3-5-6-7-9-12(10,11)8-4-2/h4,9H,1-3,5-8H2. The normalized spacial score (nSPS) is 11.4. The Hall–Kier alpha value is -0.350. The molecule has 1 radical (unpaired) electrons. The van der Waals surface area contributed by atoms with E-state index in [9.17, 15) is 8.42 Å². The van der Waals surface area contributed by atoms with Crippen LogP contribution in [0.1, 0.15) is 19.3 Å². The molecule has 0 atom stereocenters. The number of rotatable bonds is 7. The fourth-order valence-electron chi connectivity index (χ4n) is 0.744. The summed E-state index contributed by atoms with van der Waals surface area (Å²) in [5, 5.41) is 0. The van der Waals surface area contributed by atoms with Crippen LogP contribution >= 0.6 is 0 Å². The molecule has 0 saturated heterocycles. The van der Waals surface area contributed by atoms with Crippen molar-refractivity contribution in [1.82, 2.24) is 4.72 Å². The Bertz CT molecular complexity index is 209. The predicted octanol–water partition coefficient (Wildman–Crippen LogP) is 1.10. The summed E-state index contributed by atoms with van der Waals surface area (Å²) in [5.41, 5.74) is 0. The highest BCUT2D eigenvalue weighted by atomic mass is 32.2. The van der Waals surface area contributed by atoms with E-state index in [0.29, 0.717) is 6.54 Å². The largest absolute Gasteiger partial charge is 0.215 e. The molecule has 0 aliphatic heterocycles. The van der Waals surface area contributed by atoms with Crippen molar-refractivity contribution >= 4 is 10.0 Å². The maximum absolute atomic E-state index is 11.0. The number of sulfonamides is 1. The summed E-state index contributed by atoms with van der Waals surface area (Å²) in [6.45, 7) is 7.53. The first-order chi connectivity index (χ1) is 5.62. The third-order valence-corrected chi connectivity index (χ3v) is 2.65. The zero-order valence-electron chi connectivity index (χ0n) is 7.25. The van der Waals surface area contributed by atoms with Gasteiger partial charge in [-0.25, -0.2) is 13.1 Å². The van der Waals surface area contributed by atoms with E-state index < -0.39 is 10.0 Å². The first-order valence-corrected chi connectivity index (χ1v) is 5.65. The molecular weight excluding hydrogens is 174 g/mol. The van der Waals surface area contributed by atoms with Crippen molar-refractivity contribution in [2.45, 2.75) is 19.3 Å². The molecule has 0 heterocycles. The summed E-state index contributed by atoms with van der Waals surface area (Å²) in [4.78, 5) is 0. The van der Waals surface area contributed by atoms with Crippen LogP contribution in [0.2, 0.25) is 0 Å². The summed E-state index contributed by atoms with van der Waals surface area (Å²) in [6, 6.07) is 0. The van der Waals surface area contributed by atoms with Crippen molar-refractivity contribution in [1.29, 1.82) is 0 Å². The van der Waals surface area contributed by atoms with E-state index in [1.807, 2.05) is 0 Å². The molecule has 0 aromatic carbocycles. The second-order valence-corrected chi connectivity index (χ2v) is 4.38. The molecule has 0 fully saturated rings. The summed E-state index contributed by atoms with van der Waals surface area (Å²) in [5.74, 6) is -0.00260. The maximum atomic E-state index is 11.0. The summed E-state index contributed by atoms with van der Waals surface area (Å²) < 4.78 is 24.5. The second kappa shape index (κ2) is 6.20. The Morgan fingerprint density at radius 3 is 2.50 bits per heavy atom. The smallest absolute Gasteiger partial charge is 0.215 e. The predicted molar refractivity (Wildman–Crippen MR) is 51.2 cm³/mol. The van der Waals surface area contributed by atoms with Gasteiger partial charge < -0.3 is 0 Å². The van der Waals surface area contributed by atoms with Gasteiger partial charge in [-0.2, -0.15) is 0 Å². The molecule has 0 aromatic heterocycles. The maximum Gasteiger partial charge on any atom is 0.215 e. The van der Waals surface area contributed by atoms with Gasteiger partial charge in [0.05, 0.1) is 5.75 Å². The Balaban J connectivity index is 3.55. The van der Waals surface area contributed by atoms with Gasteiger partial charge in [-0.05, 0) is 6.42 Å². The van der Waals surface area contributed by atoms with E-state index in [1.54, 1.807) is 0 Å². The topological polar surface area (TPSA) is 46.2 Å². The van der Waals surface area contributed by atoms with Crippen molar-refractivity contribution in [3.8, 4) is 0 Å². The first kappa shape index (κ1) is 11.6. The van der Waals surface area contributed by atoms with Gasteiger partial charge in [0.1, 0.15) is 0 Å². The number of hydrogen-bond donors (Lipinski definition) is 1. The Labute approximate surface area is 74.9 Å². The number of unbranched alkanes of at least 4 members (excludes halogenated alkanes) is 2. The van der Waals surface area contributed by atoms with Crippen LogP contribution in [0.5, 0.6) is 0 Å². The molecule has 71 valence electrons. The average Bonchev–Trinajstić information content (AvgIpc) is 1.98. The molecule has 0 rings (SSSR count). The van der Waals surface area contributed by atoms with Gasteiger partial charge in [0.15, 0.2) is 0 Å². The number of hydrogen-bond acceptors (Lipinski definition) is 2. The van der Waals surface area contributed by atoms with E-state index in [2.05, 4.69) is 18.2 Å². The van der Waals surface area contributed by atoms with Crippen LogP contribution in [0.25, 0.3) is 0 Å². The molecule has 0 amide bonds. The molecule has 1 N–H and O–H groups in total. The quantitative estimate of drug-likeness (QED) is 0.482. The molecule has 0 bridgehead atoms. The fourth-order valence-corrected chi connectivity index (χ4v) is 1.63. The van der Waals surface area contributed by atoms with Gasteiger partial charge in [0, 0.05) is 6.54 Å². The SMILES string of the molecule is [CH2]CCCCNS(=O)(=O)CC=C. The molecule has 0 saturated carbocycles. The van der Waals surface area contributed by atoms with Crippen molar-refractivity contribution in [2.75, 3.05) is 12.3 Å². The molecule has 12 heavy (non-hydrogen) atoms. The van der Waals surface area contributed by atoms with Crippen LogP contribution in [0.3, 0.4) is 0 Å². The lowest BCUT2D eigenvalue weighted by Gasteiger charge is -2.02. The highest BCUT2D eigenvalue weighted by Gasteiger charge is 2.04. The zero-order valence-corrected chi connectivity index (χ0v) is 8.07. The number of nitrogens with one attached hydrogen (secondary N) is 1. The van der Waals surface area contributed by atoms with E-state index in [4.69, 9.17) is 0 Å². The minimum Gasteiger partial charge on any atom is -0.215 e. The first-order valence-electron chi connectivity index (χ1n) is 4.00. The molecule has 0 aliphatic rings. The van der Waals surface area contributed by atoms with Crippen LogP contribution in [-0.2, 0) is 10.0 Å². The zero-order chi connectivity index (χ0) is 9.45. The molecule has 0 spiro atoms. The molecule has 3 nitrogen and oxygen atoms in total. The molecule has 0 aromatic rings. The second-order valence-electron chi connectivity index (χ2n) is 2.53. The summed E-state index contributed by atoms with van der Waals surface area (Å²) >= 11 is 0. The van der Waals surface area contributed by atoms with Crippen LogP contribution in [0.15, 0.2) is 12.7 Å². The molecular formula is C8H16NO2S. The van der Waals surface area contributed by atoms with Crippen LogP contribution < -0.4 is 4.72 Å².